The van der Waals surface area contributed by atoms with Crippen LogP contribution in [-0.4, -0.2) is 19.9 Å². The summed E-state index contributed by atoms with van der Waals surface area (Å²) in [6, 6.07) is 66.4. The maximum Gasteiger partial charge on any atom is 3.00 e. The average molecular weight is 675 g/mol. The minimum absolute atomic E-state index is 0. The molecule has 239 valence electrons. The first-order chi connectivity index (χ1) is 23.8. The van der Waals surface area contributed by atoms with Gasteiger partial charge in [0.25, 0.3) is 0 Å². The molecule has 0 spiro atoms. The van der Waals surface area contributed by atoms with Gasteiger partial charge < -0.3 is 9.97 Å². The van der Waals surface area contributed by atoms with Crippen molar-refractivity contribution in [2.75, 3.05) is 0 Å². The Morgan fingerprint density at radius 3 is 0.714 bits per heavy atom. The Morgan fingerprint density at radius 1 is 0.327 bits per heavy atom. The maximum absolute atomic E-state index is 4.63. The van der Waals surface area contributed by atoms with Crippen molar-refractivity contribution < 1.29 is 17.1 Å². The van der Waals surface area contributed by atoms with E-state index < -0.39 is 0 Å². The third-order valence-electron chi connectivity index (χ3n) is 6.47. The molecule has 2 N–H and O–H groups in total. The van der Waals surface area contributed by atoms with Crippen molar-refractivity contribution in [1.29, 1.82) is 0 Å². The van der Waals surface area contributed by atoms with Crippen LogP contribution in [0.2, 0.25) is 0 Å². The van der Waals surface area contributed by atoms with E-state index in [-0.39, 0.29) is 17.1 Å². The van der Waals surface area contributed by atoms with Crippen LogP contribution >= 0.6 is 0 Å². The molecule has 0 aliphatic carbocycles. The van der Waals surface area contributed by atoms with E-state index in [0.29, 0.717) is 0 Å². The Kier molecular flexibility index (Phi) is 15.4. The molecule has 2 aliphatic heterocycles. The number of hydrogen-bond donors (Lipinski definition) is 2. The average Bonchev–Trinajstić information content (AvgIpc) is 4.00. The van der Waals surface area contributed by atoms with E-state index in [1.54, 1.807) is 0 Å². The number of hydrogen-bond acceptors (Lipinski definition) is 2. The number of aromatic amines is 2. The van der Waals surface area contributed by atoms with Crippen molar-refractivity contribution in [3.8, 4) is 0 Å². The zero-order chi connectivity index (χ0) is 32.9. The molecule has 0 amide bonds. The summed E-state index contributed by atoms with van der Waals surface area (Å²) in [6.45, 7) is 0. The molecule has 0 unspecified atom stereocenters. The van der Waals surface area contributed by atoms with Gasteiger partial charge in [-0.25, -0.2) is 9.97 Å². The van der Waals surface area contributed by atoms with Crippen LogP contribution in [0.3, 0.4) is 0 Å². The van der Waals surface area contributed by atoms with Crippen LogP contribution in [0.25, 0.3) is 46.4 Å². The Labute approximate surface area is 299 Å². The van der Waals surface area contributed by atoms with Gasteiger partial charge in [-0.3, -0.25) is 0 Å². The molecule has 3 aromatic heterocycles. The molecule has 0 atom stereocenters. The predicted octanol–water partition coefficient (Wildman–Crippen LogP) is 10.6. The summed E-state index contributed by atoms with van der Waals surface area (Å²) in [7, 11) is 0. The van der Waals surface area contributed by atoms with Crippen molar-refractivity contribution in [2.45, 2.75) is 0 Å². The van der Waals surface area contributed by atoms with Gasteiger partial charge in [-0.1, -0.05) is 0 Å². The molecular weight excluding hydrogens is 640 g/mol. The van der Waals surface area contributed by atoms with Gasteiger partial charge in [-0.2, -0.15) is 146 Å². The number of fused-ring (bicyclic) bond motifs is 8. The van der Waals surface area contributed by atoms with Crippen LogP contribution in [0.5, 0.6) is 0 Å². The van der Waals surface area contributed by atoms with Gasteiger partial charge in [0, 0.05) is 22.1 Å². The molecule has 4 aromatic carbocycles. The molecule has 49 heavy (non-hydrogen) atoms. The quantitative estimate of drug-likeness (QED) is 0.124. The third kappa shape index (κ3) is 13.7. The molecule has 5 heteroatoms. The summed E-state index contributed by atoms with van der Waals surface area (Å²) in [6.07, 6.45) is 8.09. The number of benzene rings is 4. The summed E-state index contributed by atoms with van der Waals surface area (Å²) < 4.78 is 0. The number of aromatic nitrogens is 4. The molecule has 8 bridgehead atoms. The normalized spacial score (nSPS) is 10.1. The van der Waals surface area contributed by atoms with E-state index in [1.165, 1.54) is 0 Å². The first-order valence-corrected chi connectivity index (χ1v) is 15.5. The molecular formula is C44H34FeN4-. The molecule has 4 nitrogen and oxygen atoms in total. The number of nitrogens with zero attached hydrogens (tertiary/aromatic N) is 2. The Bertz CT molecular complexity index is 1710. The fraction of sp³-hybridized carbons (Fsp3) is 0. The standard InChI is InChI=1S/C20H14N4.4C6H5.Fe/c1-2-14-10-16-5-6-18(23-16)12-20-8-7-19(24-20)11-17-4-3-15(22-17)9-13(1)21-14;4*1-2-4-6-5-3-1;/h1-12,21,24H;4*1-5H;/q;4*-1;+3. The van der Waals surface area contributed by atoms with Gasteiger partial charge in [-0.15, -0.1) is 0 Å². The minimum atomic E-state index is 0. The minimum Gasteiger partial charge on any atom is -0.355 e. The van der Waals surface area contributed by atoms with Crippen LogP contribution in [-0.2, 0) is 17.1 Å². The molecule has 0 saturated heterocycles. The molecule has 7 aromatic rings. The van der Waals surface area contributed by atoms with E-state index in [0.717, 1.165) is 44.8 Å². The smallest absolute Gasteiger partial charge is 0.355 e. The number of nitrogens with one attached hydrogen (secondary N) is 2. The van der Waals surface area contributed by atoms with E-state index in [4.69, 9.17) is 0 Å². The molecule has 9 rings (SSSR count). The van der Waals surface area contributed by atoms with E-state index >= 15 is 0 Å². The zero-order valence-corrected chi connectivity index (χ0v) is 27.8. The number of rotatable bonds is 0. The van der Waals surface area contributed by atoms with Crippen LogP contribution in [0.1, 0.15) is 22.8 Å². The predicted molar refractivity (Wildman–Crippen MR) is 200 cm³/mol. The summed E-state index contributed by atoms with van der Waals surface area (Å²) in [5, 5.41) is 0. The Hall–Kier alpha value is -6.00. The summed E-state index contributed by atoms with van der Waals surface area (Å²) in [4.78, 5) is 16.0. The summed E-state index contributed by atoms with van der Waals surface area (Å²) >= 11 is 0. The topological polar surface area (TPSA) is 57.4 Å². The van der Waals surface area contributed by atoms with E-state index in [2.05, 4.69) is 68.5 Å². The fourth-order valence-electron chi connectivity index (χ4n) is 4.31. The number of H-pyrrole nitrogens is 2. The molecule has 1 radical (unpaired) electrons. The largest absolute Gasteiger partial charge is 3.00 e. The third-order valence-corrected chi connectivity index (χ3v) is 6.47. The van der Waals surface area contributed by atoms with Gasteiger partial charge in [0.2, 0.25) is 0 Å². The first-order valence-electron chi connectivity index (χ1n) is 15.5. The van der Waals surface area contributed by atoms with Crippen LogP contribution < -0.4 is 0 Å². The maximum atomic E-state index is 4.63. The fourth-order valence-corrected chi connectivity index (χ4v) is 4.31. The van der Waals surface area contributed by atoms with Gasteiger partial charge in [0.05, 0.1) is 22.8 Å². The monoisotopic (exact) mass is 674 g/mol. The SMILES string of the molecule is C1=Cc2cc3ccc(cc4nc(cc5ccc(cc1n2)[nH]5)C=C4)[nH]3.[Fe+3].[c-]1ccccc1.[c-]1ccccc1.[c-]1ccccc1.[c-]1ccccc1. The first kappa shape index (κ1) is 35.8. The van der Waals surface area contributed by atoms with Crippen molar-refractivity contribution >= 4 is 46.4 Å². The van der Waals surface area contributed by atoms with E-state index in [9.17, 15) is 0 Å². The Morgan fingerprint density at radius 2 is 0.551 bits per heavy atom. The second-order valence-corrected chi connectivity index (χ2v) is 10.2. The second kappa shape index (κ2) is 21.0. The van der Waals surface area contributed by atoms with Gasteiger partial charge >= 0.3 is 17.1 Å². The van der Waals surface area contributed by atoms with Crippen LogP contribution in [0.15, 0.2) is 170 Å². The van der Waals surface area contributed by atoms with Gasteiger partial charge in [-0.05, 0) is 72.8 Å². The molecule has 0 fully saturated rings. The Balaban J connectivity index is 0.000000175. The van der Waals surface area contributed by atoms with E-state index in [1.807, 2.05) is 170 Å². The van der Waals surface area contributed by atoms with Gasteiger partial charge in [0.15, 0.2) is 0 Å². The van der Waals surface area contributed by atoms with Crippen molar-refractivity contribution in [3.05, 3.63) is 217 Å². The summed E-state index contributed by atoms with van der Waals surface area (Å²) in [5.74, 6) is 0. The summed E-state index contributed by atoms with van der Waals surface area (Å²) in [5.41, 5.74) is 7.86. The van der Waals surface area contributed by atoms with Crippen molar-refractivity contribution in [2.24, 2.45) is 0 Å². The zero-order valence-electron chi connectivity index (χ0n) is 26.7. The van der Waals surface area contributed by atoms with Crippen LogP contribution in [0.4, 0.5) is 0 Å². The van der Waals surface area contributed by atoms with Crippen LogP contribution in [0, 0.1) is 24.3 Å². The van der Waals surface area contributed by atoms with Crippen molar-refractivity contribution in [1.82, 2.24) is 19.9 Å². The van der Waals surface area contributed by atoms with Gasteiger partial charge in [0.1, 0.15) is 0 Å². The molecule has 2 aliphatic rings. The second-order valence-electron chi connectivity index (χ2n) is 10.2. The molecule has 0 saturated carbocycles. The molecule has 5 heterocycles. The van der Waals surface area contributed by atoms with Crippen molar-refractivity contribution in [3.63, 3.8) is 0 Å².